The SMILES string of the molecule is CN1CCC(Cn2nnc3cccnc32)C1. The Morgan fingerprint density at radius 1 is 1.50 bits per heavy atom. The van der Waals surface area contributed by atoms with Crippen LogP contribution < -0.4 is 0 Å². The molecule has 1 fully saturated rings. The molecule has 16 heavy (non-hydrogen) atoms. The quantitative estimate of drug-likeness (QED) is 0.745. The molecule has 0 aromatic carbocycles. The summed E-state index contributed by atoms with van der Waals surface area (Å²) in [7, 11) is 2.16. The van der Waals surface area contributed by atoms with Gasteiger partial charge in [0.25, 0.3) is 0 Å². The number of hydrogen-bond acceptors (Lipinski definition) is 4. The molecule has 1 atom stereocenters. The van der Waals surface area contributed by atoms with Gasteiger partial charge in [0.1, 0.15) is 5.52 Å². The van der Waals surface area contributed by atoms with Crippen LogP contribution in [0.1, 0.15) is 6.42 Å². The Bertz CT molecular complexity index is 492. The fourth-order valence-electron chi connectivity index (χ4n) is 2.35. The minimum atomic E-state index is 0.678. The fraction of sp³-hybridized carbons (Fsp3) is 0.545. The van der Waals surface area contributed by atoms with Crippen LogP contribution in [0, 0.1) is 5.92 Å². The van der Waals surface area contributed by atoms with Crippen LogP contribution in [0.15, 0.2) is 18.3 Å². The Hall–Kier alpha value is -1.49. The van der Waals surface area contributed by atoms with E-state index >= 15 is 0 Å². The molecule has 0 aliphatic carbocycles. The lowest BCUT2D eigenvalue weighted by Gasteiger charge is -2.09. The molecule has 0 amide bonds. The van der Waals surface area contributed by atoms with Crippen molar-refractivity contribution >= 4 is 11.2 Å². The summed E-state index contributed by atoms with van der Waals surface area (Å²) in [6.07, 6.45) is 3.04. The van der Waals surface area contributed by atoms with Gasteiger partial charge in [-0.2, -0.15) is 0 Å². The second-order valence-corrected chi connectivity index (χ2v) is 4.53. The van der Waals surface area contributed by atoms with E-state index in [2.05, 4.69) is 27.2 Å². The Kier molecular flexibility index (Phi) is 2.32. The molecule has 0 radical (unpaired) electrons. The van der Waals surface area contributed by atoms with Crippen molar-refractivity contribution in [3.05, 3.63) is 18.3 Å². The molecule has 5 nitrogen and oxygen atoms in total. The maximum Gasteiger partial charge on any atom is 0.178 e. The number of pyridine rings is 1. The smallest absolute Gasteiger partial charge is 0.178 e. The summed E-state index contributed by atoms with van der Waals surface area (Å²) in [5.41, 5.74) is 1.78. The Labute approximate surface area is 94.1 Å². The highest BCUT2D eigenvalue weighted by Crippen LogP contribution is 2.17. The molecule has 1 aliphatic rings. The van der Waals surface area contributed by atoms with Crippen molar-refractivity contribution in [1.82, 2.24) is 24.9 Å². The average molecular weight is 217 g/mol. The summed E-state index contributed by atoms with van der Waals surface area (Å²) in [4.78, 5) is 6.68. The van der Waals surface area contributed by atoms with Crippen LogP contribution in [-0.4, -0.2) is 45.0 Å². The van der Waals surface area contributed by atoms with Crippen LogP contribution in [0.5, 0.6) is 0 Å². The molecule has 2 aromatic heterocycles. The normalized spacial score (nSPS) is 21.9. The lowest BCUT2D eigenvalue weighted by molar-refractivity contribution is 0.370. The van der Waals surface area contributed by atoms with E-state index in [4.69, 9.17) is 0 Å². The number of rotatable bonds is 2. The molecule has 3 rings (SSSR count). The molecule has 0 spiro atoms. The first-order chi connectivity index (χ1) is 7.83. The van der Waals surface area contributed by atoms with Gasteiger partial charge in [-0.25, -0.2) is 9.67 Å². The van der Waals surface area contributed by atoms with Crippen molar-refractivity contribution in [3.63, 3.8) is 0 Å². The molecule has 0 N–H and O–H groups in total. The van der Waals surface area contributed by atoms with Crippen molar-refractivity contribution < 1.29 is 0 Å². The lowest BCUT2D eigenvalue weighted by atomic mass is 10.1. The van der Waals surface area contributed by atoms with Crippen LogP contribution >= 0.6 is 0 Å². The van der Waals surface area contributed by atoms with E-state index in [-0.39, 0.29) is 0 Å². The summed E-state index contributed by atoms with van der Waals surface area (Å²) in [5, 5.41) is 8.29. The van der Waals surface area contributed by atoms with Gasteiger partial charge < -0.3 is 4.90 Å². The molecule has 5 heteroatoms. The summed E-state index contributed by atoms with van der Waals surface area (Å²) < 4.78 is 1.93. The highest BCUT2D eigenvalue weighted by Gasteiger charge is 2.21. The first kappa shape index (κ1) is 9.72. The topological polar surface area (TPSA) is 46.8 Å². The van der Waals surface area contributed by atoms with Crippen molar-refractivity contribution in [2.45, 2.75) is 13.0 Å². The zero-order valence-electron chi connectivity index (χ0n) is 9.37. The van der Waals surface area contributed by atoms with Gasteiger partial charge in [-0.15, -0.1) is 5.10 Å². The monoisotopic (exact) mass is 217 g/mol. The van der Waals surface area contributed by atoms with Crippen LogP contribution in [0.25, 0.3) is 11.2 Å². The van der Waals surface area contributed by atoms with Crippen LogP contribution in [0.4, 0.5) is 0 Å². The third kappa shape index (κ3) is 1.67. The number of likely N-dealkylation sites (tertiary alicyclic amines) is 1. The van der Waals surface area contributed by atoms with Gasteiger partial charge >= 0.3 is 0 Å². The van der Waals surface area contributed by atoms with E-state index in [1.807, 2.05) is 16.8 Å². The van der Waals surface area contributed by atoms with Gasteiger partial charge in [-0.1, -0.05) is 5.21 Å². The number of hydrogen-bond donors (Lipinski definition) is 0. The van der Waals surface area contributed by atoms with Gasteiger partial charge in [0.2, 0.25) is 0 Å². The van der Waals surface area contributed by atoms with Crippen molar-refractivity contribution in [2.24, 2.45) is 5.92 Å². The van der Waals surface area contributed by atoms with E-state index in [0.717, 1.165) is 24.3 Å². The second-order valence-electron chi connectivity index (χ2n) is 4.53. The van der Waals surface area contributed by atoms with Gasteiger partial charge in [0, 0.05) is 19.3 Å². The fourth-order valence-corrected chi connectivity index (χ4v) is 2.35. The average Bonchev–Trinajstić information content (AvgIpc) is 2.87. The van der Waals surface area contributed by atoms with E-state index in [1.54, 1.807) is 6.20 Å². The number of aromatic nitrogens is 4. The zero-order valence-corrected chi connectivity index (χ0v) is 9.37. The summed E-state index contributed by atoms with van der Waals surface area (Å²) >= 11 is 0. The zero-order chi connectivity index (χ0) is 11.0. The molecule has 84 valence electrons. The minimum absolute atomic E-state index is 0.678. The molecule has 0 bridgehead atoms. The molecular formula is C11H15N5. The van der Waals surface area contributed by atoms with E-state index in [9.17, 15) is 0 Å². The van der Waals surface area contributed by atoms with Crippen molar-refractivity contribution in [3.8, 4) is 0 Å². The Balaban J connectivity index is 1.84. The lowest BCUT2D eigenvalue weighted by Crippen LogP contribution is -2.17. The highest BCUT2D eigenvalue weighted by molar-refractivity contribution is 5.68. The third-order valence-electron chi connectivity index (χ3n) is 3.19. The van der Waals surface area contributed by atoms with Crippen LogP contribution in [-0.2, 0) is 6.54 Å². The van der Waals surface area contributed by atoms with Gasteiger partial charge in [-0.05, 0) is 38.1 Å². The molecule has 1 saturated heterocycles. The van der Waals surface area contributed by atoms with Crippen LogP contribution in [0.3, 0.4) is 0 Å². The number of fused-ring (bicyclic) bond motifs is 1. The molecule has 2 aromatic rings. The first-order valence-corrected chi connectivity index (χ1v) is 5.66. The van der Waals surface area contributed by atoms with Crippen molar-refractivity contribution in [2.75, 3.05) is 20.1 Å². The summed E-state index contributed by atoms with van der Waals surface area (Å²) in [6.45, 7) is 3.26. The third-order valence-corrected chi connectivity index (χ3v) is 3.19. The molecule has 0 saturated carbocycles. The van der Waals surface area contributed by atoms with E-state index < -0.39 is 0 Å². The Morgan fingerprint density at radius 2 is 2.44 bits per heavy atom. The summed E-state index contributed by atoms with van der Waals surface area (Å²) in [5.74, 6) is 0.678. The largest absolute Gasteiger partial charge is 0.306 e. The first-order valence-electron chi connectivity index (χ1n) is 5.66. The van der Waals surface area contributed by atoms with Gasteiger partial charge in [-0.3, -0.25) is 0 Å². The van der Waals surface area contributed by atoms with Crippen molar-refractivity contribution in [1.29, 1.82) is 0 Å². The maximum atomic E-state index is 4.33. The van der Waals surface area contributed by atoms with Gasteiger partial charge in [0.15, 0.2) is 5.65 Å². The molecule has 1 aliphatic heterocycles. The second kappa shape index (κ2) is 3.83. The molecule has 1 unspecified atom stereocenters. The predicted octanol–water partition coefficient (Wildman–Crippen LogP) is 0.778. The van der Waals surface area contributed by atoms with E-state index in [1.165, 1.54) is 13.0 Å². The number of nitrogens with zero attached hydrogens (tertiary/aromatic N) is 5. The summed E-state index contributed by atoms with van der Waals surface area (Å²) in [6, 6.07) is 3.84. The standard InChI is InChI=1S/C11H15N5/c1-15-6-4-9(7-15)8-16-11-10(13-14-16)3-2-5-12-11/h2-3,5,9H,4,6-8H2,1H3. The minimum Gasteiger partial charge on any atom is -0.306 e. The van der Waals surface area contributed by atoms with Crippen LogP contribution in [0.2, 0.25) is 0 Å². The molecular weight excluding hydrogens is 202 g/mol. The van der Waals surface area contributed by atoms with E-state index in [0.29, 0.717) is 5.92 Å². The molecule has 3 heterocycles. The van der Waals surface area contributed by atoms with Gasteiger partial charge in [0.05, 0.1) is 0 Å². The Morgan fingerprint density at radius 3 is 3.25 bits per heavy atom. The highest BCUT2D eigenvalue weighted by atomic mass is 15.4. The predicted molar refractivity (Wildman–Crippen MR) is 60.9 cm³/mol. The maximum absolute atomic E-state index is 4.33.